The maximum Gasteiger partial charge on any atom is 0.182 e. The molecule has 0 bridgehead atoms. The summed E-state index contributed by atoms with van der Waals surface area (Å²) < 4.78 is 0. The van der Waals surface area contributed by atoms with Crippen LogP contribution in [0.5, 0.6) is 0 Å². The van der Waals surface area contributed by atoms with Crippen LogP contribution in [0.3, 0.4) is 0 Å². The molecule has 0 amide bonds. The molecule has 0 N–H and O–H groups in total. The second kappa shape index (κ2) is 30.7. The molecule has 0 saturated carbocycles. The van der Waals surface area contributed by atoms with Gasteiger partial charge in [-0.15, -0.1) is 0 Å². The van der Waals surface area contributed by atoms with E-state index >= 15 is 0 Å². The molecule has 24 aromatic rings. The minimum absolute atomic E-state index is 0.530. The van der Waals surface area contributed by atoms with Gasteiger partial charge < -0.3 is 0 Å². The zero-order valence-corrected chi connectivity index (χ0v) is 66.4. The number of hydrogen-bond donors (Lipinski definition) is 0. The molecule has 14 heteroatoms. The van der Waals surface area contributed by atoms with Crippen molar-refractivity contribution < 1.29 is 0 Å². The first-order valence-electron chi connectivity index (χ1n) is 41.1. The summed E-state index contributed by atoms with van der Waals surface area (Å²) in [5.41, 5.74) is 24.8. The highest BCUT2D eigenvalue weighted by molar-refractivity contribution is 6.08. The van der Waals surface area contributed by atoms with Gasteiger partial charge in [-0.3, -0.25) is 9.97 Å². The van der Waals surface area contributed by atoms with Gasteiger partial charge in [0.1, 0.15) is 11.4 Å². The molecule has 0 radical (unpaired) electrons. The Hall–Kier alpha value is -17.1. The maximum absolute atomic E-state index is 5.20. The first-order chi connectivity index (χ1) is 61.3. The van der Waals surface area contributed by atoms with E-state index in [0.717, 1.165) is 198 Å². The van der Waals surface area contributed by atoms with Gasteiger partial charge in [0.25, 0.3) is 0 Å². The summed E-state index contributed by atoms with van der Waals surface area (Å²) in [7, 11) is 0. The van der Waals surface area contributed by atoms with Gasteiger partial charge in [-0.1, -0.05) is 279 Å². The van der Waals surface area contributed by atoms with E-state index in [1.165, 1.54) is 0 Å². The second-order valence-corrected chi connectivity index (χ2v) is 30.8. The molecular weight excluding hydrogens is 1520 g/mol. The van der Waals surface area contributed by atoms with Gasteiger partial charge in [-0.05, 0) is 153 Å². The first kappa shape index (κ1) is 72.2. The Labute approximate surface area is 710 Å². The normalized spacial score (nSPS) is 11.5. The molecule has 0 saturated heterocycles. The Balaban J connectivity index is 0.000000143. The molecular formula is C110H66N14. The highest BCUT2D eigenvalue weighted by Gasteiger charge is 2.20. The van der Waals surface area contributed by atoms with Crippen LogP contribution in [0.1, 0.15) is 0 Å². The molecule has 124 heavy (non-hydrogen) atoms. The van der Waals surface area contributed by atoms with E-state index in [4.69, 9.17) is 59.8 Å². The predicted octanol–water partition coefficient (Wildman–Crippen LogP) is 26.4. The van der Waals surface area contributed by atoms with E-state index in [2.05, 4.69) is 253 Å². The van der Waals surface area contributed by atoms with Crippen molar-refractivity contribution in [3.8, 4) is 136 Å². The lowest BCUT2D eigenvalue weighted by atomic mass is 9.95. The maximum atomic E-state index is 5.20. The van der Waals surface area contributed by atoms with Crippen molar-refractivity contribution in [3.63, 3.8) is 0 Å². The minimum atomic E-state index is 0.530. The Morgan fingerprint density at radius 3 is 0.790 bits per heavy atom. The van der Waals surface area contributed by atoms with Gasteiger partial charge in [-0.2, -0.15) is 0 Å². The summed E-state index contributed by atoms with van der Waals surface area (Å²) in [6, 6.07) is 133. The number of nitrogens with zero attached hydrogens (tertiary/aromatic N) is 14. The zero-order chi connectivity index (χ0) is 82.0. The van der Waals surface area contributed by atoms with Crippen molar-refractivity contribution >= 4 is 109 Å². The summed E-state index contributed by atoms with van der Waals surface area (Å²) in [6.45, 7) is 0. The Kier molecular flexibility index (Phi) is 17.9. The number of pyridine rings is 8. The number of benzene rings is 14. The minimum Gasteiger partial charge on any atom is -0.254 e. The van der Waals surface area contributed by atoms with E-state index in [1.54, 1.807) is 0 Å². The van der Waals surface area contributed by atoms with Crippen LogP contribution in [0.15, 0.2) is 401 Å². The second-order valence-electron chi connectivity index (χ2n) is 30.8. The zero-order valence-electron chi connectivity index (χ0n) is 66.4. The van der Waals surface area contributed by atoms with Crippen molar-refractivity contribution in [2.75, 3.05) is 0 Å². The van der Waals surface area contributed by atoms with Gasteiger partial charge in [0, 0.05) is 100.0 Å². The molecule has 10 aromatic heterocycles. The standard InChI is InChI=1S/2C55H33N7/c1-3-10-36(11-4-1)53-60-54(37-12-5-2-6-13-37)62-55(61-53)50-30-23-41-33-39(21-27-47(41)58-50)38-20-26-46-40(32-38)22-29-48(57-46)44-24-25-45(43-16-8-7-15-42(43)44)49-28-19-35-18-17-34-14-9-31-56-51(34)52(35)59-49;1-3-8-36(9-4-1)53-60-54(37-10-5-2-6-11-37)62-55(61-53)50-28-23-45-33-41(21-26-48(45)58-50)40-20-25-46-44(32-40)22-27-47(57-46)42-17-15-39-31-43(18-16-38(39)30-42)49-24-19-35-14-13-34-12-7-29-56-51(34)52(35)59-49/h2*1-33H. The van der Waals surface area contributed by atoms with Crippen molar-refractivity contribution in [1.29, 1.82) is 0 Å². The van der Waals surface area contributed by atoms with Crippen LogP contribution in [0.4, 0.5) is 0 Å². The molecule has 0 unspecified atom stereocenters. The van der Waals surface area contributed by atoms with Crippen molar-refractivity contribution in [2.45, 2.75) is 0 Å². The summed E-state index contributed by atoms with van der Waals surface area (Å²) >= 11 is 0. The third kappa shape index (κ3) is 13.8. The van der Waals surface area contributed by atoms with Crippen LogP contribution in [0.2, 0.25) is 0 Å². The summed E-state index contributed by atoms with van der Waals surface area (Å²) in [4.78, 5) is 69.1. The molecule has 14 aromatic carbocycles. The molecule has 24 rings (SSSR count). The van der Waals surface area contributed by atoms with Crippen molar-refractivity contribution in [2.24, 2.45) is 0 Å². The molecule has 10 heterocycles. The Morgan fingerprint density at radius 1 is 0.137 bits per heavy atom. The number of aromatic nitrogens is 14. The number of rotatable bonds is 12. The lowest BCUT2D eigenvalue weighted by molar-refractivity contribution is 1.06. The summed E-state index contributed by atoms with van der Waals surface area (Å²) in [5, 5.41) is 13.1. The monoisotopic (exact) mass is 1580 g/mol. The summed E-state index contributed by atoms with van der Waals surface area (Å²) in [6.07, 6.45) is 3.66. The van der Waals surface area contributed by atoms with Crippen LogP contribution in [-0.4, -0.2) is 69.8 Å². The highest BCUT2D eigenvalue weighted by Crippen LogP contribution is 2.40. The van der Waals surface area contributed by atoms with Gasteiger partial charge in [0.05, 0.1) is 66.9 Å². The van der Waals surface area contributed by atoms with Crippen molar-refractivity contribution in [3.05, 3.63) is 401 Å². The predicted molar refractivity (Wildman–Crippen MR) is 502 cm³/mol. The molecule has 0 aliphatic carbocycles. The van der Waals surface area contributed by atoms with Crippen LogP contribution in [0, 0.1) is 0 Å². The topological polar surface area (TPSA) is 180 Å². The number of fused-ring (bicyclic) bond motifs is 12. The molecule has 0 aliphatic heterocycles. The first-order valence-corrected chi connectivity index (χ1v) is 41.1. The smallest absolute Gasteiger partial charge is 0.182 e. The van der Waals surface area contributed by atoms with Gasteiger partial charge >= 0.3 is 0 Å². The fourth-order valence-corrected chi connectivity index (χ4v) is 16.7. The van der Waals surface area contributed by atoms with Crippen LogP contribution in [0.25, 0.3) is 245 Å². The lowest BCUT2D eigenvalue weighted by Crippen LogP contribution is -2.01. The van der Waals surface area contributed by atoms with E-state index in [9.17, 15) is 0 Å². The molecule has 14 nitrogen and oxygen atoms in total. The van der Waals surface area contributed by atoms with Gasteiger partial charge in [-0.25, -0.2) is 59.8 Å². The van der Waals surface area contributed by atoms with Crippen LogP contribution < -0.4 is 0 Å². The Bertz CT molecular complexity index is 8270. The Morgan fingerprint density at radius 2 is 0.403 bits per heavy atom. The number of hydrogen-bond acceptors (Lipinski definition) is 14. The average Bonchev–Trinajstić information content (AvgIpc) is 0.775. The van der Waals surface area contributed by atoms with E-state index < -0.39 is 0 Å². The average molecular weight is 1580 g/mol. The fraction of sp³-hybridized carbons (Fsp3) is 0. The third-order valence-electron chi connectivity index (χ3n) is 23.1. The third-order valence-corrected chi connectivity index (χ3v) is 23.1. The molecule has 0 aliphatic rings. The molecule has 0 fully saturated rings. The lowest BCUT2D eigenvalue weighted by Gasteiger charge is -2.13. The van der Waals surface area contributed by atoms with E-state index in [0.29, 0.717) is 46.3 Å². The van der Waals surface area contributed by atoms with Gasteiger partial charge in [0.2, 0.25) is 0 Å². The fourth-order valence-electron chi connectivity index (χ4n) is 16.7. The van der Waals surface area contributed by atoms with Crippen LogP contribution >= 0.6 is 0 Å². The molecule has 576 valence electrons. The van der Waals surface area contributed by atoms with E-state index in [-0.39, 0.29) is 0 Å². The largest absolute Gasteiger partial charge is 0.254 e. The summed E-state index contributed by atoms with van der Waals surface area (Å²) in [5.74, 6) is 3.50. The van der Waals surface area contributed by atoms with Crippen molar-refractivity contribution in [1.82, 2.24) is 69.8 Å². The quantitative estimate of drug-likeness (QED) is 0.105. The molecule has 0 atom stereocenters. The molecule has 0 spiro atoms. The highest BCUT2D eigenvalue weighted by atomic mass is 15.1. The van der Waals surface area contributed by atoms with E-state index in [1.807, 2.05) is 158 Å². The SMILES string of the molecule is c1ccc(-c2nc(-c3ccccc3)nc(-c3ccc4cc(-c5ccc6nc(-c7ccc(-c8ccc9ccc%10cccnc%10c9n8)c8ccccc78)ccc6c5)ccc4n3)n2)cc1.c1ccc(-c2nc(-c3ccccc3)nc(-c3ccc4cc(-c5ccc6nc(-c7ccc8cc(-c9ccc%10ccc%11cccnc%11c%10n9)ccc8c7)ccc6c5)ccc4n3)n2)cc1. The van der Waals surface area contributed by atoms with Crippen LogP contribution in [-0.2, 0) is 0 Å². The van der Waals surface area contributed by atoms with Gasteiger partial charge in [0.15, 0.2) is 34.9 Å².